The highest BCUT2D eigenvalue weighted by Gasteiger charge is 2.17. The van der Waals surface area contributed by atoms with Crippen molar-refractivity contribution in [3.8, 4) is 0 Å². The second kappa shape index (κ2) is 3.45. The van der Waals surface area contributed by atoms with Gasteiger partial charge in [-0.25, -0.2) is 0 Å². The lowest BCUT2D eigenvalue weighted by atomic mass is 10.5. The zero-order chi connectivity index (χ0) is 6.53. The zero-order valence-corrected chi connectivity index (χ0v) is 5.38. The van der Waals surface area contributed by atoms with Gasteiger partial charge in [0.15, 0.2) is 0 Å². The largest absolute Gasteiger partial charge is 0.394 e. The van der Waals surface area contributed by atoms with Gasteiger partial charge in [-0.2, -0.15) is 5.10 Å². The minimum absolute atomic E-state index is 0.155. The summed E-state index contributed by atoms with van der Waals surface area (Å²) in [6, 6.07) is 0. The smallest absolute Gasteiger partial charge is 0.0620 e. The van der Waals surface area contributed by atoms with Crippen molar-refractivity contribution in [3.05, 3.63) is 0 Å². The molecule has 0 bridgehead atoms. The Morgan fingerprint density at radius 3 is 3.00 bits per heavy atom. The summed E-state index contributed by atoms with van der Waals surface area (Å²) < 4.78 is 0. The summed E-state index contributed by atoms with van der Waals surface area (Å²) in [5.74, 6) is 0.719. The van der Waals surface area contributed by atoms with Gasteiger partial charge in [0.2, 0.25) is 0 Å². The summed E-state index contributed by atoms with van der Waals surface area (Å²) in [5, 5.41) is 12.2. The number of nitrogens with one attached hydrogen (secondary N) is 1. The van der Waals surface area contributed by atoms with E-state index in [9.17, 15) is 0 Å². The molecule has 2 N–H and O–H groups in total. The first-order valence-corrected chi connectivity index (χ1v) is 3.30. The standard InChI is InChI=1S/C6H12N2O/c9-4-3-7-8-5-6-1-2-6/h5-7,9H,1-4H2/b8-5+. The van der Waals surface area contributed by atoms with E-state index in [4.69, 9.17) is 5.11 Å². The third kappa shape index (κ3) is 3.08. The highest BCUT2D eigenvalue weighted by atomic mass is 16.3. The minimum Gasteiger partial charge on any atom is -0.394 e. The van der Waals surface area contributed by atoms with E-state index in [0.717, 1.165) is 5.92 Å². The molecule has 0 aromatic carbocycles. The van der Waals surface area contributed by atoms with E-state index >= 15 is 0 Å². The molecular weight excluding hydrogens is 116 g/mol. The van der Waals surface area contributed by atoms with Gasteiger partial charge in [-0.05, 0) is 18.8 Å². The van der Waals surface area contributed by atoms with Crippen LogP contribution in [0.1, 0.15) is 12.8 Å². The number of hydrogen-bond donors (Lipinski definition) is 2. The molecule has 1 aliphatic rings. The highest BCUT2D eigenvalue weighted by Crippen LogP contribution is 2.25. The normalized spacial score (nSPS) is 18.8. The Kier molecular flexibility index (Phi) is 2.51. The Labute approximate surface area is 54.8 Å². The van der Waals surface area contributed by atoms with Crippen LogP contribution in [0.4, 0.5) is 0 Å². The first kappa shape index (κ1) is 6.55. The van der Waals surface area contributed by atoms with Gasteiger partial charge in [0, 0.05) is 6.21 Å². The lowest BCUT2D eigenvalue weighted by Gasteiger charge is -1.91. The average molecular weight is 128 g/mol. The van der Waals surface area contributed by atoms with Crippen LogP contribution >= 0.6 is 0 Å². The number of aliphatic hydroxyl groups excluding tert-OH is 1. The summed E-state index contributed by atoms with van der Waals surface area (Å²) >= 11 is 0. The summed E-state index contributed by atoms with van der Waals surface area (Å²) in [5.41, 5.74) is 2.73. The molecule has 3 heteroatoms. The Morgan fingerprint density at radius 1 is 1.67 bits per heavy atom. The molecule has 3 nitrogen and oxygen atoms in total. The fourth-order valence-electron chi connectivity index (χ4n) is 0.518. The molecular formula is C6H12N2O. The van der Waals surface area contributed by atoms with E-state index in [1.807, 2.05) is 6.21 Å². The van der Waals surface area contributed by atoms with E-state index < -0.39 is 0 Å². The third-order valence-electron chi connectivity index (χ3n) is 1.22. The van der Waals surface area contributed by atoms with Crippen LogP contribution in [0.2, 0.25) is 0 Å². The van der Waals surface area contributed by atoms with Gasteiger partial charge >= 0.3 is 0 Å². The van der Waals surface area contributed by atoms with Crippen molar-refractivity contribution < 1.29 is 5.11 Å². The SMILES string of the molecule is OCCN/N=C/C1CC1. The molecule has 1 aliphatic carbocycles. The monoisotopic (exact) mass is 128 g/mol. The van der Waals surface area contributed by atoms with E-state index in [2.05, 4.69) is 10.5 Å². The molecule has 0 saturated heterocycles. The zero-order valence-electron chi connectivity index (χ0n) is 5.38. The average Bonchev–Trinajstić information content (AvgIpc) is 2.63. The van der Waals surface area contributed by atoms with Crippen molar-refractivity contribution in [2.24, 2.45) is 11.0 Å². The summed E-state index contributed by atoms with van der Waals surface area (Å²) in [6.07, 6.45) is 4.48. The highest BCUT2D eigenvalue weighted by molar-refractivity contribution is 5.63. The molecule has 0 heterocycles. The van der Waals surface area contributed by atoms with E-state index in [1.54, 1.807) is 0 Å². The molecule has 0 unspecified atom stereocenters. The number of rotatable bonds is 4. The van der Waals surface area contributed by atoms with Crippen molar-refractivity contribution >= 4 is 6.21 Å². The van der Waals surface area contributed by atoms with Crippen LogP contribution in [-0.2, 0) is 0 Å². The van der Waals surface area contributed by atoms with Crippen LogP contribution in [0.15, 0.2) is 5.10 Å². The molecule has 52 valence electrons. The van der Waals surface area contributed by atoms with Crippen molar-refractivity contribution in [2.45, 2.75) is 12.8 Å². The van der Waals surface area contributed by atoms with Crippen LogP contribution < -0.4 is 5.43 Å². The lowest BCUT2D eigenvalue weighted by molar-refractivity contribution is 0.293. The molecule has 1 fully saturated rings. The maximum Gasteiger partial charge on any atom is 0.0620 e. The maximum absolute atomic E-state index is 8.31. The van der Waals surface area contributed by atoms with Crippen molar-refractivity contribution in [1.29, 1.82) is 0 Å². The minimum atomic E-state index is 0.155. The fourth-order valence-corrected chi connectivity index (χ4v) is 0.518. The summed E-state index contributed by atoms with van der Waals surface area (Å²) in [7, 11) is 0. The van der Waals surface area contributed by atoms with E-state index in [0.29, 0.717) is 6.54 Å². The topological polar surface area (TPSA) is 44.6 Å². The van der Waals surface area contributed by atoms with Gasteiger partial charge in [0.1, 0.15) is 0 Å². The number of hydrogen-bond acceptors (Lipinski definition) is 3. The number of nitrogens with zero attached hydrogens (tertiary/aromatic N) is 1. The third-order valence-corrected chi connectivity index (χ3v) is 1.22. The fraction of sp³-hybridized carbons (Fsp3) is 0.833. The van der Waals surface area contributed by atoms with Gasteiger partial charge in [-0.1, -0.05) is 0 Å². The predicted molar refractivity (Wildman–Crippen MR) is 36.3 cm³/mol. The summed E-state index contributed by atoms with van der Waals surface area (Å²) in [4.78, 5) is 0. The van der Waals surface area contributed by atoms with Crippen LogP contribution in [0.3, 0.4) is 0 Å². The Hall–Kier alpha value is -0.570. The number of aliphatic hydroxyl groups is 1. The Bertz CT molecular complexity index is 99.2. The van der Waals surface area contributed by atoms with Crippen molar-refractivity contribution in [2.75, 3.05) is 13.2 Å². The van der Waals surface area contributed by atoms with Crippen LogP contribution in [-0.4, -0.2) is 24.5 Å². The summed E-state index contributed by atoms with van der Waals surface area (Å²) in [6.45, 7) is 0.714. The molecule has 9 heavy (non-hydrogen) atoms. The first-order valence-electron chi connectivity index (χ1n) is 3.30. The second-order valence-electron chi connectivity index (χ2n) is 2.25. The molecule has 0 atom stereocenters. The molecule has 0 aliphatic heterocycles. The van der Waals surface area contributed by atoms with Gasteiger partial charge < -0.3 is 10.5 Å². The quantitative estimate of drug-likeness (QED) is 0.317. The van der Waals surface area contributed by atoms with Gasteiger partial charge in [-0.3, -0.25) is 0 Å². The Balaban J connectivity index is 1.89. The van der Waals surface area contributed by atoms with Gasteiger partial charge in [0.25, 0.3) is 0 Å². The number of hydrazone groups is 1. The van der Waals surface area contributed by atoms with Crippen molar-refractivity contribution in [1.82, 2.24) is 5.43 Å². The Morgan fingerprint density at radius 2 is 2.44 bits per heavy atom. The van der Waals surface area contributed by atoms with Gasteiger partial charge in [0.05, 0.1) is 13.2 Å². The predicted octanol–water partition coefficient (Wildman–Crippen LogP) is -0.0359. The van der Waals surface area contributed by atoms with Crippen LogP contribution in [0.25, 0.3) is 0 Å². The van der Waals surface area contributed by atoms with Gasteiger partial charge in [-0.15, -0.1) is 0 Å². The lowest BCUT2D eigenvalue weighted by Crippen LogP contribution is -2.11. The van der Waals surface area contributed by atoms with E-state index in [-0.39, 0.29) is 6.61 Å². The second-order valence-corrected chi connectivity index (χ2v) is 2.25. The molecule has 1 saturated carbocycles. The van der Waals surface area contributed by atoms with Crippen molar-refractivity contribution in [3.63, 3.8) is 0 Å². The first-order chi connectivity index (χ1) is 4.43. The molecule has 1 rings (SSSR count). The molecule has 0 radical (unpaired) electrons. The van der Waals surface area contributed by atoms with Crippen LogP contribution in [0.5, 0.6) is 0 Å². The molecule has 0 amide bonds. The molecule has 0 aromatic heterocycles. The molecule has 0 aromatic rings. The van der Waals surface area contributed by atoms with E-state index in [1.165, 1.54) is 12.8 Å². The maximum atomic E-state index is 8.31. The van der Waals surface area contributed by atoms with Crippen LogP contribution in [0, 0.1) is 5.92 Å². The molecule has 0 spiro atoms.